The lowest BCUT2D eigenvalue weighted by Gasteiger charge is -2.08. The highest BCUT2D eigenvalue weighted by Gasteiger charge is 2.08. The summed E-state index contributed by atoms with van der Waals surface area (Å²) in [6.07, 6.45) is 9.02. The summed E-state index contributed by atoms with van der Waals surface area (Å²) < 4.78 is 0. The number of hydrogen-bond donors (Lipinski definition) is 0. The molecule has 0 heterocycles. The van der Waals surface area contributed by atoms with Gasteiger partial charge >= 0.3 is 0 Å². The minimum absolute atomic E-state index is 0.0598. The van der Waals surface area contributed by atoms with Gasteiger partial charge in [-0.05, 0) is 61.4 Å². The van der Waals surface area contributed by atoms with Gasteiger partial charge in [-0.3, -0.25) is 4.79 Å². The predicted molar refractivity (Wildman–Crippen MR) is 119 cm³/mol. The number of allylic oxidation sites excluding steroid dienone is 3. The van der Waals surface area contributed by atoms with Gasteiger partial charge in [-0.15, -0.1) is 0 Å². The fourth-order valence-electron chi connectivity index (χ4n) is 2.94. The molecule has 0 atom stereocenters. The molecule has 0 bridgehead atoms. The molecule has 0 spiro atoms. The summed E-state index contributed by atoms with van der Waals surface area (Å²) in [6.45, 7) is 0. The molecule has 3 aromatic rings. The predicted octanol–water partition coefficient (Wildman–Crippen LogP) is 7.39. The number of hydrogen-bond acceptors (Lipinski definition) is 3. The summed E-state index contributed by atoms with van der Waals surface area (Å²) in [5.74, 6) is 0.0598. The van der Waals surface area contributed by atoms with Gasteiger partial charge in [0, 0.05) is 30.7 Å². The van der Waals surface area contributed by atoms with E-state index < -0.39 is 0 Å². The highest BCUT2D eigenvalue weighted by Crippen LogP contribution is 2.33. The SMILES string of the molecule is O=C(c1ccccc1)c1ccc(Sc2ccc(SC3=CCCC=C3)cc2)cc1. The first-order valence-electron chi connectivity index (χ1n) is 9.30. The van der Waals surface area contributed by atoms with Crippen LogP contribution in [0, 0.1) is 0 Å². The number of thioether (sulfide) groups is 1. The quantitative estimate of drug-likeness (QED) is 0.401. The molecule has 0 aromatic heterocycles. The number of benzene rings is 3. The third kappa shape index (κ3) is 4.86. The Morgan fingerprint density at radius 1 is 0.643 bits per heavy atom. The van der Waals surface area contributed by atoms with Crippen molar-refractivity contribution in [1.82, 2.24) is 0 Å². The van der Waals surface area contributed by atoms with Crippen molar-refractivity contribution >= 4 is 29.3 Å². The molecule has 3 heteroatoms. The van der Waals surface area contributed by atoms with E-state index in [1.807, 2.05) is 66.4 Å². The highest BCUT2D eigenvalue weighted by atomic mass is 32.2. The van der Waals surface area contributed by atoms with Crippen molar-refractivity contribution < 1.29 is 4.79 Å². The van der Waals surface area contributed by atoms with Gasteiger partial charge in [0.25, 0.3) is 0 Å². The fourth-order valence-corrected chi connectivity index (χ4v) is 4.67. The van der Waals surface area contributed by atoms with E-state index in [9.17, 15) is 4.79 Å². The molecule has 0 fully saturated rings. The maximum atomic E-state index is 12.5. The second kappa shape index (κ2) is 9.13. The standard InChI is InChI=1S/C25H20OS2/c26-25(19-7-3-1-4-8-19)20-11-13-22(14-12-20)28-24-17-15-23(16-18-24)27-21-9-5-2-6-10-21/h1,3-5,7-18H,2,6H2. The Balaban J connectivity index is 1.39. The molecule has 28 heavy (non-hydrogen) atoms. The zero-order valence-corrected chi connectivity index (χ0v) is 17.0. The first-order valence-corrected chi connectivity index (χ1v) is 10.9. The Morgan fingerprint density at radius 3 is 1.82 bits per heavy atom. The molecular weight excluding hydrogens is 380 g/mol. The van der Waals surface area contributed by atoms with Crippen molar-refractivity contribution in [1.29, 1.82) is 0 Å². The van der Waals surface area contributed by atoms with Gasteiger partial charge < -0.3 is 0 Å². The number of carbonyl (C=O) groups excluding carboxylic acids is 1. The topological polar surface area (TPSA) is 17.1 Å². The largest absolute Gasteiger partial charge is 0.289 e. The van der Waals surface area contributed by atoms with Crippen LogP contribution >= 0.6 is 23.5 Å². The maximum absolute atomic E-state index is 12.5. The van der Waals surface area contributed by atoms with Gasteiger partial charge in [0.15, 0.2) is 5.78 Å². The molecule has 138 valence electrons. The molecule has 0 amide bonds. The second-order valence-corrected chi connectivity index (χ2v) is 8.78. The average Bonchev–Trinajstić information content (AvgIpc) is 2.76. The van der Waals surface area contributed by atoms with Gasteiger partial charge in [0.05, 0.1) is 0 Å². The summed E-state index contributed by atoms with van der Waals surface area (Å²) in [6, 6.07) is 25.9. The Labute approximate surface area is 174 Å². The molecule has 1 nitrogen and oxygen atoms in total. The van der Waals surface area contributed by atoms with E-state index in [2.05, 4.69) is 42.5 Å². The van der Waals surface area contributed by atoms with Crippen LogP contribution in [0.25, 0.3) is 0 Å². The molecule has 0 N–H and O–H groups in total. The molecule has 4 rings (SSSR count). The molecule has 1 aliphatic carbocycles. The van der Waals surface area contributed by atoms with E-state index in [1.165, 1.54) is 14.7 Å². The van der Waals surface area contributed by atoms with Crippen molar-refractivity contribution in [3.8, 4) is 0 Å². The van der Waals surface area contributed by atoms with E-state index >= 15 is 0 Å². The molecule has 0 aliphatic heterocycles. The zero-order valence-electron chi connectivity index (χ0n) is 15.4. The first kappa shape index (κ1) is 18.9. The van der Waals surface area contributed by atoms with Crippen LogP contribution in [-0.2, 0) is 0 Å². The normalized spacial score (nSPS) is 13.2. The summed E-state index contributed by atoms with van der Waals surface area (Å²) in [7, 11) is 0. The van der Waals surface area contributed by atoms with E-state index in [4.69, 9.17) is 0 Å². The van der Waals surface area contributed by atoms with Gasteiger partial charge in [0.1, 0.15) is 0 Å². The molecule has 0 saturated carbocycles. The van der Waals surface area contributed by atoms with E-state index in [1.54, 1.807) is 11.8 Å². The van der Waals surface area contributed by atoms with Crippen LogP contribution < -0.4 is 0 Å². The van der Waals surface area contributed by atoms with Gasteiger partial charge in [0.2, 0.25) is 0 Å². The van der Waals surface area contributed by atoms with Crippen molar-refractivity contribution in [3.63, 3.8) is 0 Å². The van der Waals surface area contributed by atoms with E-state index in [-0.39, 0.29) is 5.78 Å². The lowest BCUT2D eigenvalue weighted by atomic mass is 10.0. The van der Waals surface area contributed by atoms with Crippen LogP contribution in [0.2, 0.25) is 0 Å². The van der Waals surface area contributed by atoms with Crippen LogP contribution in [0.4, 0.5) is 0 Å². The average molecular weight is 401 g/mol. The summed E-state index contributed by atoms with van der Waals surface area (Å²) in [4.78, 5) is 17.4. The number of rotatable bonds is 6. The van der Waals surface area contributed by atoms with E-state index in [0.717, 1.165) is 28.9 Å². The molecule has 1 aliphatic rings. The molecular formula is C25H20OS2. The maximum Gasteiger partial charge on any atom is 0.193 e. The third-order valence-electron chi connectivity index (χ3n) is 4.41. The van der Waals surface area contributed by atoms with Gasteiger partial charge in [-0.25, -0.2) is 0 Å². The van der Waals surface area contributed by atoms with Gasteiger partial charge in [-0.2, -0.15) is 0 Å². The van der Waals surface area contributed by atoms with Crippen molar-refractivity contribution in [2.45, 2.75) is 27.5 Å². The summed E-state index contributed by atoms with van der Waals surface area (Å²) in [5.41, 5.74) is 1.44. The molecule has 0 saturated heterocycles. The minimum atomic E-state index is 0.0598. The van der Waals surface area contributed by atoms with E-state index in [0.29, 0.717) is 0 Å². The molecule has 3 aromatic carbocycles. The van der Waals surface area contributed by atoms with Crippen LogP contribution in [0.15, 0.2) is 117 Å². The first-order chi connectivity index (χ1) is 13.8. The minimum Gasteiger partial charge on any atom is -0.289 e. The van der Waals surface area contributed by atoms with Gasteiger partial charge in [-0.1, -0.05) is 72.1 Å². The zero-order chi connectivity index (χ0) is 19.2. The fraction of sp³-hybridized carbons (Fsp3) is 0.0800. The van der Waals surface area contributed by atoms with Crippen LogP contribution in [0.3, 0.4) is 0 Å². The summed E-state index contributed by atoms with van der Waals surface area (Å²) in [5, 5.41) is 0. The number of carbonyl (C=O) groups is 1. The Bertz CT molecular complexity index is 1000. The third-order valence-corrected chi connectivity index (χ3v) is 6.47. The molecule has 0 radical (unpaired) electrons. The smallest absolute Gasteiger partial charge is 0.193 e. The Hall–Kier alpha value is -2.49. The Morgan fingerprint density at radius 2 is 1.21 bits per heavy atom. The monoisotopic (exact) mass is 400 g/mol. The number of ketones is 1. The van der Waals surface area contributed by atoms with Crippen LogP contribution in [0.5, 0.6) is 0 Å². The lowest BCUT2D eigenvalue weighted by molar-refractivity contribution is 0.103. The van der Waals surface area contributed by atoms with Crippen LogP contribution in [0.1, 0.15) is 28.8 Å². The lowest BCUT2D eigenvalue weighted by Crippen LogP contribution is -2.00. The summed E-state index contributed by atoms with van der Waals surface area (Å²) >= 11 is 3.52. The molecule has 0 unspecified atom stereocenters. The van der Waals surface area contributed by atoms with Crippen molar-refractivity contribution in [2.24, 2.45) is 0 Å². The Kier molecular flexibility index (Phi) is 6.15. The highest BCUT2D eigenvalue weighted by molar-refractivity contribution is 8.03. The van der Waals surface area contributed by atoms with Crippen molar-refractivity contribution in [2.75, 3.05) is 0 Å². The van der Waals surface area contributed by atoms with Crippen LogP contribution in [-0.4, -0.2) is 5.78 Å². The van der Waals surface area contributed by atoms with Crippen molar-refractivity contribution in [3.05, 3.63) is 113 Å². The second-order valence-electron chi connectivity index (χ2n) is 6.48.